The minimum Gasteiger partial charge on any atom is -0.302 e. The van der Waals surface area contributed by atoms with Crippen molar-refractivity contribution in [2.24, 2.45) is 5.92 Å². The highest BCUT2D eigenvalue weighted by Gasteiger charge is 2.30. The molecule has 0 radical (unpaired) electrons. The van der Waals surface area contributed by atoms with Gasteiger partial charge in [0.25, 0.3) is 0 Å². The smallest absolute Gasteiger partial charge is 0.229 e. The lowest BCUT2D eigenvalue weighted by atomic mass is 10.0. The maximum atomic E-state index is 12.1. The highest BCUT2D eigenvalue weighted by Crippen LogP contribution is 2.35. The van der Waals surface area contributed by atoms with Crippen LogP contribution in [0.2, 0.25) is 0 Å². The van der Waals surface area contributed by atoms with Gasteiger partial charge >= 0.3 is 0 Å². The Balaban J connectivity index is 1.65. The number of Topliss-reactive ketones (excluding diaryl/α,β-unsaturated/α-hetero) is 1. The molecule has 140 valence electrons. The van der Waals surface area contributed by atoms with Gasteiger partial charge in [0.1, 0.15) is 21.7 Å². The van der Waals surface area contributed by atoms with Gasteiger partial charge in [-0.2, -0.15) is 0 Å². The molecule has 1 aliphatic carbocycles. The van der Waals surface area contributed by atoms with Gasteiger partial charge in [0.15, 0.2) is 10.9 Å². The number of anilines is 1. The van der Waals surface area contributed by atoms with Crippen molar-refractivity contribution in [1.29, 1.82) is 0 Å². The molecule has 1 N–H and O–H groups in total. The van der Waals surface area contributed by atoms with E-state index in [-0.39, 0.29) is 17.6 Å². The zero-order valence-corrected chi connectivity index (χ0v) is 16.2. The molecule has 1 amide bonds. The molecule has 4 heterocycles. The Hall–Kier alpha value is -3.13. The lowest BCUT2D eigenvalue weighted by molar-refractivity contribution is -0.117. The lowest BCUT2D eigenvalue weighted by Crippen LogP contribution is -2.12. The number of hydrogen-bond acceptors (Lipinski definition) is 6. The maximum Gasteiger partial charge on any atom is 0.229 e. The molecule has 28 heavy (non-hydrogen) atoms. The Morgan fingerprint density at radius 1 is 1.21 bits per heavy atom. The van der Waals surface area contributed by atoms with Crippen LogP contribution in [0.3, 0.4) is 0 Å². The van der Waals surface area contributed by atoms with Crippen molar-refractivity contribution in [1.82, 2.24) is 19.4 Å². The van der Waals surface area contributed by atoms with Gasteiger partial charge < -0.3 is 5.32 Å². The number of ketones is 1. The second kappa shape index (κ2) is 6.20. The molecule has 5 rings (SSSR count). The Kier molecular flexibility index (Phi) is 3.77. The summed E-state index contributed by atoms with van der Waals surface area (Å²) in [6.07, 6.45) is 7.25. The number of hydrogen-bond donors (Lipinski definition) is 1. The molecule has 1 aliphatic rings. The first-order valence-electron chi connectivity index (χ1n) is 9.06. The summed E-state index contributed by atoms with van der Waals surface area (Å²) < 4.78 is 1.98. The molecule has 0 unspecified atom stereocenters. The summed E-state index contributed by atoms with van der Waals surface area (Å²) >= 11 is 1.44. The largest absolute Gasteiger partial charge is 0.302 e. The van der Waals surface area contributed by atoms with Crippen molar-refractivity contribution < 1.29 is 9.59 Å². The second-order valence-corrected chi connectivity index (χ2v) is 8.07. The van der Waals surface area contributed by atoms with E-state index in [4.69, 9.17) is 0 Å². The van der Waals surface area contributed by atoms with E-state index in [1.54, 1.807) is 18.5 Å². The van der Waals surface area contributed by atoms with Crippen LogP contribution in [0.1, 0.15) is 35.8 Å². The zero-order valence-electron chi connectivity index (χ0n) is 15.4. The van der Waals surface area contributed by atoms with E-state index in [0.29, 0.717) is 10.8 Å². The van der Waals surface area contributed by atoms with Crippen LogP contribution in [-0.4, -0.2) is 31.0 Å². The van der Waals surface area contributed by atoms with Crippen LogP contribution in [0.15, 0.2) is 30.7 Å². The van der Waals surface area contributed by atoms with Crippen LogP contribution < -0.4 is 5.32 Å². The van der Waals surface area contributed by atoms with Crippen molar-refractivity contribution in [2.75, 3.05) is 5.32 Å². The van der Waals surface area contributed by atoms with Gasteiger partial charge in [-0.15, -0.1) is 0 Å². The van der Waals surface area contributed by atoms with Gasteiger partial charge in [-0.1, -0.05) is 11.3 Å². The molecule has 8 heteroatoms. The molecule has 4 aromatic heterocycles. The Labute approximate surface area is 164 Å². The minimum absolute atomic E-state index is 0.0426. The fourth-order valence-corrected chi connectivity index (χ4v) is 4.23. The fourth-order valence-electron chi connectivity index (χ4n) is 3.29. The molecule has 0 aromatic carbocycles. The molecular weight excluding hydrogens is 374 g/mol. The number of carbonyl (C=O) groups excluding carboxylic acids is 2. The van der Waals surface area contributed by atoms with E-state index < -0.39 is 0 Å². The molecule has 1 fully saturated rings. The first-order valence-corrected chi connectivity index (χ1v) is 9.88. The van der Waals surface area contributed by atoms with Crippen molar-refractivity contribution in [2.45, 2.75) is 26.7 Å². The minimum atomic E-state index is -0.0633. The summed E-state index contributed by atoms with van der Waals surface area (Å²) in [6, 6.07) is 3.77. The van der Waals surface area contributed by atoms with Gasteiger partial charge in [0, 0.05) is 42.6 Å². The first kappa shape index (κ1) is 17.0. The Morgan fingerprint density at radius 3 is 2.75 bits per heavy atom. The summed E-state index contributed by atoms with van der Waals surface area (Å²) in [6.45, 7) is 3.46. The maximum absolute atomic E-state index is 12.1. The molecular formula is C20H17N5O2S. The van der Waals surface area contributed by atoms with E-state index in [0.717, 1.165) is 45.5 Å². The topological polar surface area (TPSA) is 89.2 Å². The van der Waals surface area contributed by atoms with Crippen molar-refractivity contribution >= 4 is 44.2 Å². The number of imidazole rings is 1. The van der Waals surface area contributed by atoms with Gasteiger partial charge in [0.05, 0.1) is 0 Å². The lowest BCUT2D eigenvalue weighted by Gasteiger charge is -2.09. The van der Waals surface area contributed by atoms with E-state index in [2.05, 4.69) is 20.3 Å². The van der Waals surface area contributed by atoms with E-state index in [1.165, 1.54) is 18.3 Å². The molecule has 0 bridgehead atoms. The number of fused-ring (bicyclic) bond motifs is 3. The number of nitrogens with zero attached hydrogens (tertiary/aromatic N) is 4. The molecule has 4 aromatic rings. The number of amides is 1. The number of rotatable bonds is 4. The van der Waals surface area contributed by atoms with Crippen LogP contribution in [0.25, 0.3) is 27.1 Å². The average Bonchev–Trinajstić information content (AvgIpc) is 3.26. The third kappa shape index (κ3) is 2.77. The molecule has 7 nitrogen and oxygen atoms in total. The number of aromatic nitrogens is 4. The summed E-state index contributed by atoms with van der Waals surface area (Å²) in [5, 5.41) is 3.52. The summed E-state index contributed by atoms with van der Waals surface area (Å²) in [5.74, 6) is 0.108. The Morgan fingerprint density at radius 2 is 2.04 bits per heavy atom. The van der Waals surface area contributed by atoms with Crippen LogP contribution in [-0.2, 0) is 4.79 Å². The van der Waals surface area contributed by atoms with Crippen LogP contribution in [0.4, 0.5) is 5.13 Å². The SMILES string of the molecule is CC(=O)c1cc(C)c(-c2cc3nc(NC(=O)C4CC4)sc3n3ccnc23)cn1. The van der Waals surface area contributed by atoms with E-state index in [1.807, 2.05) is 23.6 Å². The van der Waals surface area contributed by atoms with Gasteiger partial charge in [-0.05, 0) is 37.5 Å². The van der Waals surface area contributed by atoms with E-state index >= 15 is 0 Å². The van der Waals surface area contributed by atoms with Crippen molar-refractivity contribution in [3.05, 3.63) is 42.0 Å². The number of aryl methyl sites for hydroxylation is 1. The number of nitrogens with one attached hydrogen (secondary N) is 1. The molecule has 0 spiro atoms. The molecule has 0 atom stereocenters. The van der Waals surface area contributed by atoms with Crippen LogP contribution >= 0.6 is 11.3 Å². The highest BCUT2D eigenvalue weighted by molar-refractivity contribution is 7.22. The molecule has 0 saturated heterocycles. The van der Waals surface area contributed by atoms with Crippen LogP contribution in [0.5, 0.6) is 0 Å². The molecule has 1 saturated carbocycles. The third-order valence-electron chi connectivity index (χ3n) is 4.96. The molecule has 0 aliphatic heterocycles. The van der Waals surface area contributed by atoms with Crippen LogP contribution in [0, 0.1) is 12.8 Å². The normalized spacial score (nSPS) is 13.9. The van der Waals surface area contributed by atoms with Crippen molar-refractivity contribution in [3.63, 3.8) is 0 Å². The van der Waals surface area contributed by atoms with Crippen molar-refractivity contribution in [3.8, 4) is 11.1 Å². The summed E-state index contributed by atoms with van der Waals surface area (Å²) in [4.78, 5) is 38.0. The quantitative estimate of drug-likeness (QED) is 0.534. The third-order valence-corrected chi connectivity index (χ3v) is 5.94. The van der Waals surface area contributed by atoms with Gasteiger partial charge in [0.2, 0.25) is 5.91 Å². The second-order valence-electron chi connectivity index (χ2n) is 7.09. The van der Waals surface area contributed by atoms with Gasteiger partial charge in [-0.25, -0.2) is 9.97 Å². The summed E-state index contributed by atoms with van der Waals surface area (Å²) in [5.41, 5.74) is 4.76. The van der Waals surface area contributed by atoms with E-state index in [9.17, 15) is 9.59 Å². The monoisotopic (exact) mass is 391 g/mol. The predicted molar refractivity (Wildman–Crippen MR) is 108 cm³/mol. The van der Waals surface area contributed by atoms with Gasteiger partial charge in [-0.3, -0.25) is 19.0 Å². The standard InChI is InChI=1S/C20H17N5O2S/c1-10-7-15(11(2)26)22-9-14(10)13-8-16-19(25-6-5-21-17(13)25)28-20(23-16)24-18(27)12-3-4-12/h5-9,12H,3-4H2,1-2H3,(H,23,24,27). The summed E-state index contributed by atoms with van der Waals surface area (Å²) in [7, 11) is 0. The fraction of sp³-hybridized carbons (Fsp3) is 0.250. The Bertz CT molecular complexity index is 1270. The first-order chi connectivity index (χ1) is 13.5. The number of carbonyl (C=O) groups is 2. The average molecular weight is 391 g/mol. The zero-order chi connectivity index (χ0) is 19.4. The highest BCUT2D eigenvalue weighted by atomic mass is 32.1. The predicted octanol–water partition coefficient (Wildman–Crippen LogP) is 3.87. The number of pyridine rings is 2. The number of thiazole rings is 1.